The second kappa shape index (κ2) is 5.82. The third-order valence-electron chi connectivity index (χ3n) is 3.29. The maximum Gasteiger partial charge on any atom is 0.146 e. The molecule has 0 radical (unpaired) electrons. The van der Waals surface area contributed by atoms with Gasteiger partial charge < -0.3 is 10.4 Å². The van der Waals surface area contributed by atoms with Crippen molar-refractivity contribution in [2.75, 3.05) is 11.9 Å². The van der Waals surface area contributed by atoms with Crippen molar-refractivity contribution in [2.45, 2.75) is 25.3 Å². The highest BCUT2D eigenvalue weighted by Crippen LogP contribution is 2.25. The number of aliphatic hydroxyl groups excluding tert-OH is 1. The third-order valence-corrected chi connectivity index (χ3v) is 3.29. The van der Waals surface area contributed by atoms with Gasteiger partial charge in [-0.15, -0.1) is 0 Å². The molecule has 92 valence electrons. The molecule has 0 saturated carbocycles. The van der Waals surface area contributed by atoms with Gasteiger partial charge in [-0.25, -0.2) is 4.39 Å². The predicted octanol–water partition coefficient (Wildman–Crippen LogP) is 2.95. The molecular formula is C14H18FNO. The van der Waals surface area contributed by atoms with E-state index in [1.165, 1.54) is 6.07 Å². The minimum absolute atomic E-state index is 0.0346. The van der Waals surface area contributed by atoms with Gasteiger partial charge in [0.15, 0.2) is 0 Å². The number of allylic oxidation sites excluding steroid dienone is 2. The molecule has 17 heavy (non-hydrogen) atoms. The van der Waals surface area contributed by atoms with E-state index in [0.29, 0.717) is 11.6 Å². The molecule has 0 fully saturated rings. The second-order valence-corrected chi connectivity index (χ2v) is 4.46. The van der Waals surface area contributed by atoms with Crippen LogP contribution in [0.1, 0.15) is 19.3 Å². The Bertz CT molecular complexity index is 392. The van der Waals surface area contributed by atoms with Crippen molar-refractivity contribution in [1.82, 2.24) is 0 Å². The van der Waals surface area contributed by atoms with Crippen molar-refractivity contribution in [2.24, 2.45) is 5.92 Å². The Labute approximate surface area is 101 Å². The molecule has 0 bridgehead atoms. The number of benzene rings is 1. The minimum Gasteiger partial charge on any atom is -0.394 e. The van der Waals surface area contributed by atoms with Gasteiger partial charge in [-0.3, -0.25) is 0 Å². The first-order valence-electron chi connectivity index (χ1n) is 6.08. The lowest BCUT2D eigenvalue weighted by atomic mass is 9.88. The van der Waals surface area contributed by atoms with Crippen molar-refractivity contribution in [1.29, 1.82) is 0 Å². The van der Waals surface area contributed by atoms with Gasteiger partial charge in [0.25, 0.3) is 0 Å². The summed E-state index contributed by atoms with van der Waals surface area (Å²) in [6.07, 6.45) is 7.34. The highest BCUT2D eigenvalue weighted by molar-refractivity contribution is 5.45. The fraction of sp³-hybridized carbons (Fsp3) is 0.429. The van der Waals surface area contributed by atoms with Crippen molar-refractivity contribution in [3.8, 4) is 0 Å². The number of hydrogen-bond acceptors (Lipinski definition) is 2. The Morgan fingerprint density at radius 1 is 1.35 bits per heavy atom. The normalized spacial score (nSPS) is 21.2. The zero-order valence-electron chi connectivity index (χ0n) is 9.77. The number of nitrogens with one attached hydrogen (secondary N) is 1. The van der Waals surface area contributed by atoms with E-state index >= 15 is 0 Å². The first-order valence-corrected chi connectivity index (χ1v) is 6.08. The Kier molecular flexibility index (Phi) is 4.15. The van der Waals surface area contributed by atoms with Gasteiger partial charge in [0.2, 0.25) is 0 Å². The van der Waals surface area contributed by atoms with E-state index in [1.54, 1.807) is 18.2 Å². The number of para-hydroxylation sites is 1. The summed E-state index contributed by atoms with van der Waals surface area (Å²) in [4.78, 5) is 0. The topological polar surface area (TPSA) is 32.3 Å². The Morgan fingerprint density at radius 3 is 2.82 bits per heavy atom. The van der Waals surface area contributed by atoms with Crippen molar-refractivity contribution < 1.29 is 9.50 Å². The molecule has 0 saturated heterocycles. The lowest BCUT2D eigenvalue weighted by Gasteiger charge is -2.28. The molecule has 2 atom stereocenters. The standard InChI is InChI=1S/C14H18FNO/c15-12-8-4-5-9-13(12)16-14(10-17)11-6-2-1-3-7-11/h1-2,4-5,8-9,11,14,16-17H,3,6-7,10H2. The molecule has 3 heteroatoms. The molecule has 1 aromatic carbocycles. The Balaban J connectivity index is 2.04. The number of anilines is 1. The zero-order valence-corrected chi connectivity index (χ0v) is 9.77. The van der Waals surface area contributed by atoms with Gasteiger partial charge in [-0.2, -0.15) is 0 Å². The van der Waals surface area contributed by atoms with E-state index in [1.807, 2.05) is 0 Å². The molecule has 1 aliphatic rings. The summed E-state index contributed by atoms with van der Waals surface area (Å²) in [6, 6.07) is 6.52. The summed E-state index contributed by atoms with van der Waals surface area (Å²) in [5, 5.41) is 12.5. The van der Waals surface area contributed by atoms with Crippen LogP contribution in [-0.2, 0) is 0 Å². The number of hydrogen-bond donors (Lipinski definition) is 2. The maximum absolute atomic E-state index is 13.5. The highest BCUT2D eigenvalue weighted by atomic mass is 19.1. The summed E-state index contributed by atoms with van der Waals surface area (Å²) < 4.78 is 13.5. The summed E-state index contributed by atoms with van der Waals surface area (Å²) in [6.45, 7) is 0.0346. The van der Waals surface area contributed by atoms with Gasteiger partial charge >= 0.3 is 0 Å². The summed E-state index contributed by atoms with van der Waals surface area (Å²) in [7, 11) is 0. The van der Waals surface area contributed by atoms with E-state index in [0.717, 1.165) is 19.3 Å². The maximum atomic E-state index is 13.5. The molecular weight excluding hydrogens is 217 g/mol. The number of halogens is 1. The molecule has 2 N–H and O–H groups in total. The second-order valence-electron chi connectivity index (χ2n) is 4.46. The first-order chi connectivity index (χ1) is 8.31. The lowest BCUT2D eigenvalue weighted by molar-refractivity contribution is 0.230. The molecule has 0 spiro atoms. The van der Waals surface area contributed by atoms with Crippen LogP contribution in [-0.4, -0.2) is 17.8 Å². The van der Waals surface area contributed by atoms with E-state index in [9.17, 15) is 9.50 Å². The summed E-state index contributed by atoms with van der Waals surface area (Å²) in [5.74, 6) is 0.113. The molecule has 2 unspecified atom stereocenters. The van der Waals surface area contributed by atoms with Crippen molar-refractivity contribution in [3.05, 3.63) is 42.2 Å². The van der Waals surface area contributed by atoms with Gasteiger partial charge in [-0.05, 0) is 37.3 Å². The van der Waals surface area contributed by atoms with Gasteiger partial charge in [0.1, 0.15) is 5.82 Å². The minimum atomic E-state index is -0.266. The Morgan fingerprint density at radius 2 is 2.18 bits per heavy atom. The monoisotopic (exact) mass is 235 g/mol. The number of rotatable bonds is 4. The molecule has 2 rings (SSSR count). The largest absolute Gasteiger partial charge is 0.394 e. The SMILES string of the molecule is OCC(Nc1ccccc1F)C1CC=CCC1. The quantitative estimate of drug-likeness (QED) is 0.786. The van der Waals surface area contributed by atoms with Crippen LogP contribution < -0.4 is 5.32 Å². The number of aliphatic hydroxyl groups is 1. The van der Waals surface area contributed by atoms with Crippen LogP contribution in [0.25, 0.3) is 0 Å². The third kappa shape index (κ3) is 3.07. The molecule has 0 amide bonds. The van der Waals surface area contributed by atoms with Gasteiger partial charge in [-0.1, -0.05) is 24.3 Å². The van der Waals surface area contributed by atoms with Gasteiger partial charge in [0.05, 0.1) is 18.3 Å². The van der Waals surface area contributed by atoms with Crippen molar-refractivity contribution in [3.63, 3.8) is 0 Å². The smallest absolute Gasteiger partial charge is 0.146 e. The molecule has 2 nitrogen and oxygen atoms in total. The predicted molar refractivity (Wildman–Crippen MR) is 67.4 cm³/mol. The van der Waals surface area contributed by atoms with E-state index in [-0.39, 0.29) is 18.5 Å². The molecule has 0 aromatic heterocycles. The van der Waals surface area contributed by atoms with Crippen LogP contribution in [0.5, 0.6) is 0 Å². The van der Waals surface area contributed by atoms with Crippen LogP contribution in [0.3, 0.4) is 0 Å². The Hall–Kier alpha value is -1.35. The van der Waals surface area contributed by atoms with E-state index in [4.69, 9.17) is 0 Å². The average Bonchev–Trinajstić information content (AvgIpc) is 2.39. The lowest BCUT2D eigenvalue weighted by Crippen LogP contribution is -2.33. The van der Waals surface area contributed by atoms with Crippen LogP contribution >= 0.6 is 0 Å². The van der Waals surface area contributed by atoms with Crippen LogP contribution in [0.2, 0.25) is 0 Å². The van der Waals surface area contributed by atoms with Crippen molar-refractivity contribution >= 4 is 5.69 Å². The summed E-state index contributed by atoms with van der Waals surface area (Å²) in [5.41, 5.74) is 0.473. The molecule has 0 heterocycles. The van der Waals surface area contributed by atoms with Crippen LogP contribution in [0.4, 0.5) is 10.1 Å². The zero-order chi connectivity index (χ0) is 12.1. The van der Waals surface area contributed by atoms with Crippen LogP contribution in [0, 0.1) is 11.7 Å². The average molecular weight is 235 g/mol. The van der Waals surface area contributed by atoms with Crippen LogP contribution in [0.15, 0.2) is 36.4 Å². The fourth-order valence-corrected chi connectivity index (χ4v) is 2.27. The van der Waals surface area contributed by atoms with Gasteiger partial charge in [0, 0.05) is 0 Å². The fourth-order valence-electron chi connectivity index (χ4n) is 2.27. The molecule has 1 aliphatic carbocycles. The van der Waals surface area contributed by atoms with E-state index in [2.05, 4.69) is 17.5 Å². The summed E-state index contributed by atoms with van der Waals surface area (Å²) >= 11 is 0. The molecule has 0 aliphatic heterocycles. The molecule has 1 aromatic rings. The highest BCUT2D eigenvalue weighted by Gasteiger charge is 2.21. The first kappa shape index (κ1) is 12.1. The van der Waals surface area contributed by atoms with E-state index < -0.39 is 0 Å².